The lowest BCUT2D eigenvalue weighted by molar-refractivity contribution is 0.415. The van der Waals surface area contributed by atoms with Crippen LogP contribution in [0.1, 0.15) is 13.8 Å². The van der Waals surface area contributed by atoms with E-state index in [4.69, 9.17) is 19.7 Å². The fourth-order valence-electron chi connectivity index (χ4n) is 3.02. The summed E-state index contributed by atoms with van der Waals surface area (Å²) < 4.78 is 7.53. The van der Waals surface area contributed by atoms with Gasteiger partial charge in [0.2, 0.25) is 0 Å². The van der Waals surface area contributed by atoms with E-state index in [0.717, 1.165) is 40.4 Å². The third kappa shape index (κ3) is 2.82. The zero-order valence-corrected chi connectivity index (χ0v) is 14.6. The van der Waals surface area contributed by atoms with Gasteiger partial charge in [-0.15, -0.1) is 0 Å². The van der Waals surface area contributed by atoms with E-state index in [2.05, 4.69) is 18.4 Å². The van der Waals surface area contributed by atoms with E-state index in [1.807, 2.05) is 48.5 Å². The molecule has 0 saturated heterocycles. The predicted molar refractivity (Wildman–Crippen MR) is 99.7 cm³/mol. The SMILES string of the molecule is COc1cccc(-c2nc3nc4ccccc4nc3n2CC(C)C)c1. The molecule has 126 valence electrons. The summed E-state index contributed by atoms with van der Waals surface area (Å²) in [5.74, 6) is 2.15. The van der Waals surface area contributed by atoms with E-state index < -0.39 is 0 Å². The number of imidazole rings is 1. The van der Waals surface area contributed by atoms with E-state index in [1.54, 1.807) is 7.11 Å². The van der Waals surface area contributed by atoms with Gasteiger partial charge >= 0.3 is 0 Å². The monoisotopic (exact) mass is 332 g/mol. The Labute approximate surface area is 146 Å². The molecule has 4 rings (SSSR count). The fourth-order valence-corrected chi connectivity index (χ4v) is 3.02. The highest BCUT2D eigenvalue weighted by Gasteiger charge is 2.17. The standard InChI is InChI=1S/C20H20N4O/c1-13(2)12-24-19(14-7-6-8-15(11-14)25-3)23-18-20(24)22-17-10-5-4-9-16(17)21-18/h4-11,13H,12H2,1-3H3. The number of nitrogens with zero attached hydrogens (tertiary/aromatic N) is 4. The van der Waals surface area contributed by atoms with Gasteiger partial charge < -0.3 is 9.30 Å². The van der Waals surface area contributed by atoms with Gasteiger partial charge in [-0.05, 0) is 30.2 Å². The Bertz CT molecular complexity index is 1050. The molecular formula is C20H20N4O. The Morgan fingerprint density at radius 2 is 1.72 bits per heavy atom. The lowest BCUT2D eigenvalue weighted by atomic mass is 10.2. The van der Waals surface area contributed by atoms with Crippen molar-refractivity contribution < 1.29 is 4.74 Å². The summed E-state index contributed by atoms with van der Waals surface area (Å²) in [4.78, 5) is 14.3. The average molecular weight is 332 g/mol. The van der Waals surface area contributed by atoms with Crippen LogP contribution in [0.3, 0.4) is 0 Å². The second-order valence-corrected chi connectivity index (χ2v) is 6.53. The maximum atomic E-state index is 5.37. The summed E-state index contributed by atoms with van der Waals surface area (Å²) in [6.45, 7) is 5.21. The second kappa shape index (κ2) is 6.16. The summed E-state index contributed by atoms with van der Waals surface area (Å²) in [7, 11) is 1.67. The molecule has 4 aromatic rings. The van der Waals surface area contributed by atoms with Crippen molar-refractivity contribution >= 4 is 22.3 Å². The second-order valence-electron chi connectivity index (χ2n) is 6.53. The molecule has 0 spiro atoms. The molecule has 2 aromatic heterocycles. The molecule has 0 aliphatic carbocycles. The van der Waals surface area contributed by atoms with Crippen molar-refractivity contribution in [3.63, 3.8) is 0 Å². The number of para-hydroxylation sites is 2. The number of hydrogen-bond acceptors (Lipinski definition) is 4. The van der Waals surface area contributed by atoms with Crippen molar-refractivity contribution in [3.8, 4) is 17.1 Å². The lowest BCUT2D eigenvalue weighted by Gasteiger charge is -2.11. The average Bonchev–Trinajstić information content (AvgIpc) is 2.97. The van der Waals surface area contributed by atoms with Crippen LogP contribution >= 0.6 is 0 Å². The first-order chi connectivity index (χ1) is 12.2. The Balaban J connectivity index is 1.99. The van der Waals surface area contributed by atoms with Gasteiger partial charge in [0.15, 0.2) is 11.3 Å². The zero-order chi connectivity index (χ0) is 17.4. The highest BCUT2D eigenvalue weighted by atomic mass is 16.5. The van der Waals surface area contributed by atoms with Gasteiger partial charge in [0, 0.05) is 12.1 Å². The summed E-state index contributed by atoms with van der Waals surface area (Å²) >= 11 is 0. The quantitative estimate of drug-likeness (QED) is 0.559. The van der Waals surface area contributed by atoms with Gasteiger partial charge in [0.05, 0.1) is 18.1 Å². The van der Waals surface area contributed by atoms with E-state index in [1.165, 1.54) is 0 Å². The fraction of sp³-hybridized carbons (Fsp3) is 0.250. The molecule has 0 bridgehead atoms. The molecule has 0 unspecified atom stereocenters. The molecule has 0 aliphatic heterocycles. The molecule has 0 amide bonds. The number of ether oxygens (including phenoxy) is 1. The third-order valence-electron chi connectivity index (χ3n) is 4.13. The number of benzene rings is 2. The van der Waals surface area contributed by atoms with Crippen LogP contribution in [0.25, 0.3) is 33.7 Å². The molecule has 2 heterocycles. The van der Waals surface area contributed by atoms with Crippen molar-refractivity contribution in [1.29, 1.82) is 0 Å². The summed E-state index contributed by atoms with van der Waals surface area (Å²) in [5.41, 5.74) is 4.25. The molecule has 5 nitrogen and oxygen atoms in total. The molecule has 5 heteroatoms. The Morgan fingerprint density at radius 1 is 0.960 bits per heavy atom. The first kappa shape index (κ1) is 15.6. The molecule has 0 atom stereocenters. The van der Waals surface area contributed by atoms with Crippen LogP contribution in [-0.2, 0) is 6.54 Å². The highest BCUT2D eigenvalue weighted by Crippen LogP contribution is 2.28. The van der Waals surface area contributed by atoms with Crippen LogP contribution in [0.15, 0.2) is 48.5 Å². The maximum absolute atomic E-state index is 5.37. The van der Waals surface area contributed by atoms with E-state index in [9.17, 15) is 0 Å². The van der Waals surface area contributed by atoms with Gasteiger partial charge in [0.25, 0.3) is 0 Å². The van der Waals surface area contributed by atoms with Gasteiger partial charge in [-0.2, -0.15) is 0 Å². The molecular weight excluding hydrogens is 312 g/mol. The normalized spacial score (nSPS) is 11.5. The Hall–Kier alpha value is -2.95. The van der Waals surface area contributed by atoms with Crippen molar-refractivity contribution in [3.05, 3.63) is 48.5 Å². The molecule has 25 heavy (non-hydrogen) atoms. The predicted octanol–water partition coefficient (Wildman–Crippen LogP) is 4.31. The molecule has 0 aliphatic rings. The van der Waals surface area contributed by atoms with Crippen LogP contribution < -0.4 is 4.74 Å². The number of aromatic nitrogens is 4. The van der Waals surface area contributed by atoms with Gasteiger partial charge in [0.1, 0.15) is 11.6 Å². The van der Waals surface area contributed by atoms with Crippen molar-refractivity contribution in [1.82, 2.24) is 19.5 Å². The van der Waals surface area contributed by atoms with E-state index >= 15 is 0 Å². The summed E-state index contributed by atoms with van der Waals surface area (Å²) in [6, 6.07) is 15.9. The third-order valence-corrected chi connectivity index (χ3v) is 4.13. The van der Waals surface area contributed by atoms with Crippen LogP contribution in [-0.4, -0.2) is 26.6 Å². The van der Waals surface area contributed by atoms with Gasteiger partial charge in [-0.25, -0.2) is 15.0 Å². The molecule has 0 N–H and O–H groups in total. The molecule has 0 radical (unpaired) electrons. The topological polar surface area (TPSA) is 52.8 Å². The van der Waals surface area contributed by atoms with Crippen molar-refractivity contribution in [2.75, 3.05) is 7.11 Å². The Morgan fingerprint density at radius 3 is 2.44 bits per heavy atom. The van der Waals surface area contributed by atoms with Crippen LogP contribution in [0.5, 0.6) is 5.75 Å². The zero-order valence-electron chi connectivity index (χ0n) is 14.6. The van der Waals surface area contributed by atoms with Crippen LogP contribution in [0, 0.1) is 5.92 Å². The highest BCUT2D eigenvalue weighted by molar-refractivity contribution is 5.84. The molecule has 0 fully saturated rings. The minimum Gasteiger partial charge on any atom is -0.497 e. The summed E-state index contributed by atoms with van der Waals surface area (Å²) in [5, 5.41) is 0. The first-order valence-corrected chi connectivity index (χ1v) is 8.43. The van der Waals surface area contributed by atoms with Crippen molar-refractivity contribution in [2.24, 2.45) is 5.92 Å². The van der Waals surface area contributed by atoms with Crippen molar-refractivity contribution in [2.45, 2.75) is 20.4 Å². The van der Waals surface area contributed by atoms with Gasteiger partial charge in [-0.3, -0.25) is 0 Å². The molecule has 0 saturated carbocycles. The minimum absolute atomic E-state index is 0.468. The maximum Gasteiger partial charge on any atom is 0.198 e. The van der Waals surface area contributed by atoms with Crippen LogP contribution in [0.4, 0.5) is 0 Å². The minimum atomic E-state index is 0.468. The Kier molecular flexibility index (Phi) is 3.84. The van der Waals surface area contributed by atoms with Crippen LogP contribution in [0.2, 0.25) is 0 Å². The number of fused-ring (bicyclic) bond motifs is 2. The smallest absolute Gasteiger partial charge is 0.198 e. The lowest BCUT2D eigenvalue weighted by Crippen LogP contribution is -2.07. The number of hydrogen-bond donors (Lipinski definition) is 0. The molecule has 2 aromatic carbocycles. The number of rotatable bonds is 4. The largest absolute Gasteiger partial charge is 0.497 e. The van der Waals surface area contributed by atoms with E-state index in [0.29, 0.717) is 11.6 Å². The van der Waals surface area contributed by atoms with E-state index in [-0.39, 0.29) is 0 Å². The number of methoxy groups -OCH3 is 1. The summed E-state index contributed by atoms with van der Waals surface area (Å²) in [6.07, 6.45) is 0. The first-order valence-electron chi connectivity index (χ1n) is 8.43. The van der Waals surface area contributed by atoms with Gasteiger partial charge in [-0.1, -0.05) is 38.1 Å².